The molecule has 0 saturated carbocycles. The van der Waals surface area contributed by atoms with Gasteiger partial charge in [0, 0.05) is 22.3 Å². The van der Waals surface area contributed by atoms with Crippen LogP contribution in [0.5, 0.6) is 5.75 Å². The molecule has 45 heavy (non-hydrogen) atoms. The first-order valence-electron chi connectivity index (χ1n) is 15.7. The number of hydrogen-bond acceptors (Lipinski definition) is 2. The summed E-state index contributed by atoms with van der Waals surface area (Å²) < 4.78 is 7.33. The van der Waals surface area contributed by atoms with Gasteiger partial charge in [0.15, 0.2) is 5.60 Å². The zero-order valence-electron chi connectivity index (χ0n) is 25.3. The average molecular weight is 583 g/mol. The lowest BCUT2D eigenvalue weighted by atomic mass is 9.75. The van der Waals surface area contributed by atoms with E-state index in [2.05, 4.69) is 122 Å². The van der Waals surface area contributed by atoms with Crippen LogP contribution in [0.3, 0.4) is 0 Å². The summed E-state index contributed by atoms with van der Waals surface area (Å²) in [4.78, 5) is 4.80. The molecule has 5 aromatic carbocycles. The number of nitrogens with zero attached hydrogens (tertiary/aromatic N) is 1. The summed E-state index contributed by atoms with van der Waals surface area (Å²) >= 11 is 0. The summed E-state index contributed by atoms with van der Waals surface area (Å²) in [5.41, 5.74) is 19.3. The fourth-order valence-corrected chi connectivity index (χ4v) is 7.37. The molecule has 3 aliphatic rings. The van der Waals surface area contributed by atoms with E-state index in [-0.39, 0.29) is 6.04 Å². The Morgan fingerprint density at radius 3 is 2.29 bits per heavy atom. The van der Waals surface area contributed by atoms with Gasteiger partial charge in [-0.2, -0.15) is 0 Å². The molecule has 0 radical (unpaired) electrons. The molecule has 0 amide bonds. The fourth-order valence-electron chi connectivity index (χ4n) is 7.37. The van der Waals surface area contributed by atoms with Crippen LogP contribution in [0.25, 0.3) is 22.3 Å². The molecule has 2 atom stereocenters. The summed E-state index contributed by atoms with van der Waals surface area (Å²) in [5.74, 6) is 1.39. The Hall–Kier alpha value is -5.41. The Balaban J connectivity index is 1.30. The van der Waals surface area contributed by atoms with E-state index >= 15 is 0 Å². The van der Waals surface area contributed by atoms with Gasteiger partial charge in [0.25, 0.3) is 0 Å². The van der Waals surface area contributed by atoms with E-state index in [9.17, 15) is 0 Å². The Labute approximate surface area is 264 Å². The van der Waals surface area contributed by atoms with Crippen molar-refractivity contribution in [3.63, 3.8) is 0 Å². The first-order valence-corrected chi connectivity index (χ1v) is 15.7. The second-order valence-electron chi connectivity index (χ2n) is 12.0. The van der Waals surface area contributed by atoms with Gasteiger partial charge in [-0.25, -0.2) is 0 Å². The van der Waals surface area contributed by atoms with E-state index in [4.69, 9.17) is 22.0 Å². The van der Waals surface area contributed by atoms with Crippen LogP contribution in [0.4, 0.5) is 0 Å². The molecule has 0 aromatic heterocycles. The van der Waals surface area contributed by atoms with Crippen LogP contribution >= 0.6 is 0 Å². The molecule has 3 heteroatoms. The van der Waals surface area contributed by atoms with Gasteiger partial charge in [0.05, 0.1) is 6.04 Å². The van der Waals surface area contributed by atoms with Crippen molar-refractivity contribution in [3.8, 4) is 16.9 Å². The van der Waals surface area contributed by atoms with Crippen LogP contribution in [0.2, 0.25) is 0 Å². The molecule has 3 nitrogen and oxygen atoms in total. The third-order valence-electron chi connectivity index (χ3n) is 9.52. The molecule has 2 N–H and O–H groups in total. The zero-order chi connectivity index (χ0) is 30.5. The Bertz CT molecular complexity index is 2070. The standard InChI is InChI=1S/C42H34N2O/c1-27-32-15-8-11-22-39(32)45-42(36-19-9-6-16-34(36)35-17-7-10-20-37(35)42)38-21-12-18-33(40(27)38)30-23-25-31(26-24-30)41(43)44-28(2)29-13-4-3-5-14-29/h3-9,11-19,21-26,28H,1,10,20H2,2H3,(H2,43,44). The Morgan fingerprint density at radius 2 is 1.47 bits per heavy atom. The molecular weight excluding hydrogens is 548 g/mol. The van der Waals surface area contributed by atoms with E-state index in [1.165, 1.54) is 22.3 Å². The first-order chi connectivity index (χ1) is 22.1. The van der Waals surface area contributed by atoms with Crippen molar-refractivity contribution in [2.45, 2.75) is 31.4 Å². The third-order valence-corrected chi connectivity index (χ3v) is 9.52. The number of benzene rings is 5. The third kappa shape index (κ3) is 4.22. The number of para-hydroxylation sites is 1. The number of hydrogen-bond donors (Lipinski definition) is 1. The number of allylic oxidation sites excluding steroid dienone is 3. The fraction of sp³-hybridized carbons (Fsp3) is 0.119. The molecule has 1 aliphatic heterocycles. The van der Waals surface area contributed by atoms with Crippen molar-refractivity contribution in [2.24, 2.45) is 10.7 Å². The lowest BCUT2D eigenvalue weighted by molar-refractivity contribution is 0.151. The number of nitrogens with two attached hydrogens (primary N) is 1. The summed E-state index contributed by atoms with van der Waals surface area (Å²) in [6.07, 6.45) is 6.50. The number of rotatable bonds is 4. The highest BCUT2D eigenvalue weighted by Crippen LogP contribution is 2.58. The molecule has 5 aromatic rings. The Kier molecular flexibility index (Phi) is 6.42. The minimum absolute atomic E-state index is 0.0292. The van der Waals surface area contributed by atoms with Crippen molar-refractivity contribution in [1.29, 1.82) is 0 Å². The van der Waals surface area contributed by atoms with Crippen LogP contribution in [0.1, 0.15) is 64.8 Å². The monoisotopic (exact) mass is 582 g/mol. The maximum Gasteiger partial charge on any atom is 0.182 e. The maximum atomic E-state index is 7.33. The molecule has 8 rings (SSSR count). The van der Waals surface area contributed by atoms with Gasteiger partial charge in [-0.3, -0.25) is 4.99 Å². The van der Waals surface area contributed by atoms with E-state index in [1.807, 2.05) is 18.2 Å². The molecule has 0 bridgehead atoms. The highest BCUT2D eigenvalue weighted by molar-refractivity contribution is 5.99. The van der Waals surface area contributed by atoms with Crippen molar-refractivity contribution < 1.29 is 4.74 Å². The zero-order valence-corrected chi connectivity index (χ0v) is 25.3. The second kappa shape index (κ2) is 10.6. The van der Waals surface area contributed by atoms with Gasteiger partial charge in [-0.1, -0.05) is 134 Å². The van der Waals surface area contributed by atoms with Crippen molar-refractivity contribution in [1.82, 2.24) is 0 Å². The summed E-state index contributed by atoms with van der Waals surface area (Å²) in [7, 11) is 0. The lowest BCUT2D eigenvalue weighted by Gasteiger charge is -2.36. The smallest absolute Gasteiger partial charge is 0.182 e. The molecule has 1 heterocycles. The molecule has 1 spiro atoms. The van der Waals surface area contributed by atoms with Gasteiger partial charge in [-0.15, -0.1) is 0 Å². The predicted octanol–water partition coefficient (Wildman–Crippen LogP) is 9.63. The number of aliphatic imine (C=N–C) groups is 1. The summed E-state index contributed by atoms with van der Waals surface area (Å²) in [6.45, 7) is 6.79. The van der Waals surface area contributed by atoms with Crippen molar-refractivity contribution in [3.05, 3.63) is 185 Å². The SMILES string of the molecule is C=C1c2ccccc2OC2(C3=C(C=CCC3)c3ccccc32)c2cccc(-c3ccc(C(N)=NC(C)c4ccccc4)cc3)c21. The highest BCUT2D eigenvalue weighted by atomic mass is 16.5. The van der Waals surface area contributed by atoms with Crippen LogP contribution in [0, 0.1) is 0 Å². The largest absolute Gasteiger partial charge is 0.473 e. The minimum Gasteiger partial charge on any atom is -0.473 e. The summed E-state index contributed by atoms with van der Waals surface area (Å²) in [6, 6.07) is 42.3. The van der Waals surface area contributed by atoms with E-state index in [0.717, 1.165) is 63.1 Å². The maximum absolute atomic E-state index is 7.33. The number of amidine groups is 1. The highest BCUT2D eigenvalue weighted by Gasteiger charge is 2.51. The predicted molar refractivity (Wildman–Crippen MR) is 185 cm³/mol. The molecule has 2 unspecified atom stereocenters. The van der Waals surface area contributed by atoms with Crippen molar-refractivity contribution in [2.75, 3.05) is 0 Å². The normalized spacial score (nSPS) is 18.9. The van der Waals surface area contributed by atoms with Crippen LogP contribution in [0.15, 0.2) is 151 Å². The number of ether oxygens (including phenoxy) is 1. The van der Waals surface area contributed by atoms with Crippen LogP contribution < -0.4 is 10.5 Å². The summed E-state index contributed by atoms with van der Waals surface area (Å²) in [5, 5.41) is 0. The average Bonchev–Trinajstić information content (AvgIpc) is 3.32. The van der Waals surface area contributed by atoms with Crippen LogP contribution in [-0.2, 0) is 5.60 Å². The minimum atomic E-state index is -0.748. The van der Waals surface area contributed by atoms with E-state index < -0.39 is 5.60 Å². The first kappa shape index (κ1) is 27.2. The van der Waals surface area contributed by atoms with Crippen molar-refractivity contribution >= 4 is 17.0 Å². The van der Waals surface area contributed by atoms with Gasteiger partial charge in [0.1, 0.15) is 11.6 Å². The topological polar surface area (TPSA) is 47.6 Å². The van der Waals surface area contributed by atoms with E-state index in [0.29, 0.717) is 5.84 Å². The quantitative estimate of drug-likeness (QED) is 0.169. The van der Waals surface area contributed by atoms with Crippen LogP contribution in [-0.4, -0.2) is 5.84 Å². The Morgan fingerprint density at radius 1 is 0.778 bits per heavy atom. The van der Waals surface area contributed by atoms with E-state index in [1.54, 1.807) is 0 Å². The lowest BCUT2D eigenvalue weighted by Crippen LogP contribution is -2.35. The second-order valence-corrected chi connectivity index (χ2v) is 12.0. The molecular formula is C42H34N2O. The van der Waals surface area contributed by atoms with Gasteiger partial charge in [0.2, 0.25) is 0 Å². The molecule has 2 aliphatic carbocycles. The molecule has 0 saturated heterocycles. The molecule has 0 fully saturated rings. The van der Waals surface area contributed by atoms with Gasteiger partial charge >= 0.3 is 0 Å². The van der Waals surface area contributed by atoms with Gasteiger partial charge in [-0.05, 0) is 70.4 Å². The molecule has 218 valence electrons. The van der Waals surface area contributed by atoms with Gasteiger partial charge < -0.3 is 10.5 Å². The number of fused-ring (bicyclic) bond motifs is 7.